The van der Waals surface area contributed by atoms with Crippen molar-refractivity contribution in [3.63, 3.8) is 0 Å². The number of hydrogen-bond acceptors (Lipinski definition) is 4. The summed E-state index contributed by atoms with van der Waals surface area (Å²) in [5, 5.41) is 11.2. The van der Waals surface area contributed by atoms with Crippen molar-refractivity contribution in [1.29, 1.82) is 0 Å². The summed E-state index contributed by atoms with van der Waals surface area (Å²) in [6, 6.07) is 4.18. The largest absolute Gasteiger partial charge is 0.366 e. The number of anilines is 1. The highest BCUT2D eigenvalue weighted by atomic mass is 19.1. The number of nitro benzene ring substituents is 1. The molecule has 2 aliphatic rings. The van der Waals surface area contributed by atoms with Crippen molar-refractivity contribution >= 4 is 17.3 Å². The molecular formula is C18H24FN3O3. The summed E-state index contributed by atoms with van der Waals surface area (Å²) < 4.78 is 13.8. The number of nitro groups is 1. The fraction of sp³-hybridized carbons (Fsp3) is 0.611. The van der Waals surface area contributed by atoms with Crippen LogP contribution in [-0.4, -0.2) is 41.9 Å². The zero-order valence-corrected chi connectivity index (χ0v) is 14.3. The number of carbonyl (C=O) groups is 1. The van der Waals surface area contributed by atoms with Crippen LogP contribution in [-0.2, 0) is 4.79 Å². The Morgan fingerprint density at radius 2 is 1.72 bits per heavy atom. The average molecular weight is 349 g/mol. The van der Waals surface area contributed by atoms with E-state index in [9.17, 15) is 19.3 Å². The normalized spacial score (nSPS) is 19.6. The van der Waals surface area contributed by atoms with E-state index in [1.807, 2.05) is 9.80 Å². The SMILES string of the molecule is O=C(C1CCN(c2cccc(F)c2[N+](=O)[O-])CC1)N1CCCCCC1. The summed E-state index contributed by atoms with van der Waals surface area (Å²) in [4.78, 5) is 27.0. The maximum atomic E-state index is 13.8. The zero-order chi connectivity index (χ0) is 17.8. The van der Waals surface area contributed by atoms with Crippen LogP contribution in [0.5, 0.6) is 0 Å². The summed E-state index contributed by atoms with van der Waals surface area (Å²) >= 11 is 0. The Labute approximate surface area is 146 Å². The predicted octanol–water partition coefficient (Wildman–Crippen LogP) is 3.35. The number of piperidine rings is 1. The van der Waals surface area contributed by atoms with E-state index in [2.05, 4.69) is 0 Å². The van der Waals surface area contributed by atoms with E-state index in [1.165, 1.54) is 18.9 Å². The number of carbonyl (C=O) groups excluding carboxylic acids is 1. The van der Waals surface area contributed by atoms with Gasteiger partial charge in [-0.3, -0.25) is 14.9 Å². The molecule has 7 heteroatoms. The van der Waals surface area contributed by atoms with E-state index in [1.54, 1.807) is 6.07 Å². The Bertz CT molecular complexity index is 636. The van der Waals surface area contributed by atoms with Crippen LogP contribution >= 0.6 is 0 Å². The Kier molecular flexibility index (Phi) is 5.50. The minimum atomic E-state index is -0.815. The first-order chi connectivity index (χ1) is 12.1. The molecule has 0 bridgehead atoms. The van der Waals surface area contributed by atoms with Crippen LogP contribution in [0.15, 0.2) is 18.2 Å². The van der Waals surface area contributed by atoms with Gasteiger partial charge in [-0.25, -0.2) is 0 Å². The van der Waals surface area contributed by atoms with Gasteiger partial charge in [0.1, 0.15) is 5.69 Å². The zero-order valence-electron chi connectivity index (χ0n) is 14.3. The van der Waals surface area contributed by atoms with Crippen molar-refractivity contribution in [2.24, 2.45) is 5.92 Å². The third-order valence-corrected chi connectivity index (χ3v) is 5.25. The number of rotatable bonds is 3. The first-order valence-electron chi connectivity index (χ1n) is 9.04. The maximum Gasteiger partial charge on any atom is 0.327 e. The molecule has 0 radical (unpaired) electrons. The molecule has 0 atom stereocenters. The molecule has 6 nitrogen and oxygen atoms in total. The fourth-order valence-electron chi connectivity index (χ4n) is 3.86. The number of benzene rings is 1. The van der Waals surface area contributed by atoms with Gasteiger partial charge in [0.25, 0.3) is 0 Å². The molecule has 0 aliphatic carbocycles. The van der Waals surface area contributed by atoms with E-state index < -0.39 is 16.4 Å². The van der Waals surface area contributed by atoms with Crippen molar-refractivity contribution in [1.82, 2.24) is 4.90 Å². The van der Waals surface area contributed by atoms with Crippen molar-refractivity contribution in [3.05, 3.63) is 34.1 Å². The molecule has 2 fully saturated rings. The number of nitrogens with zero attached hydrogens (tertiary/aromatic N) is 3. The first kappa shape index (κ1) is 17.6. The Morgan fingerprint density at radius 3 is 2.32 bits per heavy atom. The summed E-state index contributed by atoms with van der Waals surface area (Å²) in [6.07, 6.45) is 5.82. The van der Waals surface area contributed by atoms with Gasteiger partial charge in [0.15, 0.2) is 0 Å². The highest BCUT2D eigenvalue weighted by Gasteiger charge is 2.32. The van der Waals surface area contributed by atoms with Crippen LogP contribution in [0.2, 0.25) is 0 Å². The lowest BCUT2D eigenvalue weighted by atomic mass is 9.94. The van der Waals surface area contributed by atoms with E-state index in [0.29, 0.717) is 31.6 Å². The number of likely N-dealkylation sites (tertiary alicyclic amines) is 1. The van der Waals surface area contributed by atoms with E-state index >= 15 is 0 Å². The van der Waals surface area contributed by atoms with Crippen LogP contribution < -0.4 is 4.90 Å². The molecule has 1 amide bonds. The topological polar surface area (TPSA) is 66.7 Å². The fourth-order valence-corrected chi connectivity index (χ4v) is 3.86. The second-order valence-electron chi connectivity index (χ2n) is 6.87. The number of halogens is 1. The lowest BCUT2D eigenvalue weighted by Gasteiger charge is -2.35. The molecule has 136 valence electrons. The molecule has 2 heterocycles. The third kappa shape index (κ3) is 3.91. The molecule has 3 rings (SSSR count). The molecule has 0 N–H and O–H groups in total. The van der Waals surface area contributed by atoms with Crippen LogP contribution in [0, 0.1) is 21.8 Å². The van der Waals surface area contributed by atoms with Crippen molar-refractivity contribution in [3.8, 4) is 0 Å². The standard InChI is InChI=1S/C18H24FN3O3/c19-15-6-5-7-16(17(15)22(24)25)20-12-8-14(9-13-20)18(23)21-10-3-1-2-4-11-21/h5-7,14H,1-4,8-13H2. The smallest absolute Gasteiger partial charge is 0.327 e. The van der Waals surface area contributed by atoms with Gasteiger partial charge in [-0.1, -0.05) is 18.9 Å². The Balaban J connectivity index is 1.65. The minimum absolute atomic E-state index is 0.0260. The van der Waals surface area contributed by atoms with Gasteiger partial charge in [-0.2, -0.15) is 4.39 Å². The molecule has 0 aromatic heterocycles. The van der Waals surface area contributed by atoms with E-state index in [0.717, 1.165) is 32.0 Å². The number of para-hydroxylation sites is 1. The molecule has 1 aromatic rings. The molecule has 25 heavy (non-hydrogen) atoms. The Morgan fingerprint density at radius 1 is 1.08 bits per heavy atom. The van der Waals surface area contributed by atoms with Crippen LogP contribution in [0.1, 0.15) is 38.5 Å². The van der Waals surface area contributed by atoms with Crippen LogP contribution in [0.3, 0.4) is 0 Å². The van der Waals surface area contributed by atoms with Crippen molar-refractivity contribution in [2.75, 3.05) is 31.1 Å². The molecule has 1 aromatic carbocycles. The summed E-state index contributed by atoms with van der Waals surface area (Å²) in [5.41, 5.74) is -0.162. The van der Waals surface area contributed by atoms with Crippen molar-refractivity contribution < 1.29 is 14.1 Å². The molecular weight excluding hydrogens is 325 g/mol. The molecule has 2 saturated heterocycles. The minimum Gasteiger partial charge on any atom is -0.366 e. The first-order valence-corrected chi connectivity index (χ1v) is 9.04. The quantitative estimate of drug-likeness (QED) is 0.620. The molecule has 0 saturated carbocycles. The summed E-state index contributed by atoms with van der Waals surface area (Å²) in [7, 11) is 0. The number of amides is 1. The van der Waals surface area contributed by atoms with Gasteiger partial charge >= 0.3 is 5.69 Å². The second-order valence-corrected chi connectivity index (χ2v) is 6.87. The molecule has 0 spiro atoms. The third-order valence-electron chi connectivity index (χ3n) is 5.25. The van der Waals surface area contributed by atoms with E-state index in [-0.39, 0.29) is 11.8 Å². The average Bonchev–Trinajstić information content (AvgIpc) is 2.90. The second kappa shape index (κ2) is 7.80. The van der Waals surface area contributed by atoms with Gasteiger partial charge in [-0.05, 0) is 37.8 Å². The van der Waals surface area contributed by atoms with Gasteiger partial charge in [-0.15, -0.1) is 0 Å². The van der Waals surface area contributed by atoms with Gasteiger partial charge in [0.05, 0.1) is 4.92 Å². The van der Waals surface area contributed by atoms with Crippen LogP contribution in [0.4, 0.5) is 15.8 Å². The summed E-state index contributed by atoms with van der Waals surface area (Å²) in [5.74, 6) is -0.623. The predicted molar refractivity (Wildman–Crippen MR) is 93.0 cm³/mol. The highest BCUT2D eigenvalue weighted by Crippen LogP contribution is 2.33. The van der Waals surface area contributed by atoms with Gasteiger partial charge < -0.3 is 9.80 Å². The lowest BCUT2D eigenvalue weighted by molar-refractivity contribution is -0.386. The highest BCUT2D eigenvalue weighted by molar-refractivity contribution is 5.79. The van der Waals surface area contributed by atoms with Gasteiger partial charge in [0.2, 0.25) is 11.7 Å². The monoisotopic (exact) mass is 349 g/mol. The summed E-state index contributed by atoms with van der Waals surface area (Å²) in [6.45, 7) is 2.76. The molecule has 0 unspecified atom stereocenters. The van der Waals surface area contributed by atoms with Gasteiger partial charge in [0, 0.05) is 32.1 Å². The lowest BCUT2D eigenvalue weighted by Crippen LogP contribution is -2.43. The maximum absolute atomic E-state index is 13.8. The van der Waals surface area contributed by atoms with E-state index in [4.69, 9.17) is 0 Å². The molecule has 2 aliphatic heterocycles. The Hall–Kier alpha value is -2.18. The van der Waals surface area contributed by atoms with Crippen molar-refractivity contribution in [2.45, 2.75) is 38.5 Å². The number of hydrogen-bond donors (Lipinski definition) is 0. The van der Waals surface area contributed by atoms with Crippen LogP contribution in [0.25, 0.3) is 0 Å².